The molecule has 0 unspecified atom stereocenters. The predicted octanol–water partition coefficient (Wildman–Crippen LogP) is 3.49. The zero-order valence-electron chi connectivity index (χ0n) is 15.2. The van der Waals surface area contributed by atoms with Crippen molar-refractivity contribution in [3.05, 3.63) is 59.4 Å². The molecule has 1 N–H and O–H groups in total. The summed E-state index contributed by atoms with van der Waals surface area (Å²) < 4.78 is 40.7. The van der Waals surface area contributed by atoms with E-state index < -0.39 is 15.8 Å². The number of nitrogens with zero attached hydrogens (tertiary/aromatic N) is 1. The van der Waals surface area contributed by atoms with Crippen LogP contribution in [0.5, 0.6) is 0 Å². The van der Waals surface area contributed by atoms with Gasteiger partial charge in [0, 0.05) is 18.8 Å². The molecule has 1 heterocycles. The Kier molecular flexibility index (Phi) is 5.92. The summed E-state index contributed by atoms with van der Waals surface area (Å²) in [6.45, 7) is 2.80. The fourth-order valence-corrected chi connectivity index (χ4v) is 5.01. The zero-order valence-corrected chi connectivity index (χ0v) is 16.1. The summed E-state index contributed by atoms with van der Waals surface area (Å²) in [4.78, 5) is 12.5. The van der Waals surface area contributed by atoms with E-state index in [2.05, 4.69) is 5.32 Å². The summed E-state index contributed by atoms with van der Waals surface area (Å²) in [6.07, 6.45) is 2.78. The Labute approximate surface area is 159 Å². The number of aryl methyl sites for hydroxylation is 1. The Morgan fingerprint density at radius 2 is 1.85 bits per heavy atom. The molecular weight excluding hydrogens is 367 g/mol. The number of hydrogen-bond acceptors (Lipinski definition) is 3. The minimum absolute atomic E-state index is 0.0137. The smallest absolute Gasteiger partial charge is 0.243 e. The second-order valence-corrected chi connectivity index (χ2v) is 8.71. The number of halogens is 1. The summed E-state index contributed by atoms with van der Waals surface area (Å²) in [5.41, 5.74) is 1.61. The van der Waals surface area contributed by atoms with Crippen LogP contribution in [0.25, 0.3) is 0 Å². The highest BCUT2D eigenvalue weighted by Gasteiger charge is 2.27. The average Bonchev–Trinajstić information content (AvgIpc) is 2.64. The number of nitrogens with one attached hydrogen (secondary N) is 1. The quantitative estimate of drug-likeness (QED) is 0.850. The highest BCUT2D eigenvalue weighted by Crippen LogP contribution is 2.26. The SMILES string of the molecule is Cc1ccc(NC(=O)Cc2cccc(F)c2)cc1S(=O)(=O)N1CCCCC1. The van der Waals surface area contributed by atoms with Gasteiger partial charge in [0.05, 0.1) is 11.3 Å². The lowest BCUT2D eigenvalue weighted by molar-refractivity contribution is -0.115. The van der Waals surface area contributed by atoms with Crippen molar-refractivity contribution < 1.29 is 17.6 Å². The molecule has 144 valence electrons. The van der Waals surface area contributed by atoms with Gasteiger partial charge < -0.3 is 5.32 Å². The maximum Gasteiger partial charge on any atom is 0.243 e. The first kappa shape index (κ1) is 19.5. The minimum Gasteiger partial charge on any atom is -0.326 e. The van der Waals surface area contributed by atoms with Crippen molar-refractivity contribution in [2.45, 2.75) is 37.5 Å². The molecule has 2 aromatic carbocycles. The molecule has 1 fully saturated rings. The second kappa shape index (κ2) is 8.19. The van der Waals surface area contributed by atoms with Crippen molar-refractivity contribution in [3.8, 4) is 0 Å². The lowest BCUT2D eigenvalue weighted by Crippen LogP contribution is -2.36. The number of hydrogen-bond donors (Lipinski definition) is 1. The monoisotopic (exact) mass is 390 g/mol. The molecule has 0 radical (unpaired) electrons. The highest BCUT2D eigenvalue weighted by atomic mass is 32.2. The van der Waals surface area contributed by atoms with Gasteiger partial charge in [0.1, 0.15) is 5.82 Å². The van der Waals surface area contributed by atoms with E-state index in [9.17, 15) is 17.6 Å². The normalized spacial score (nSPS) is 15.5. The maximum atomic E-state index is 13.2. The highest BCUT2D eigenvalue weighted by molar-refractivity contribution is 7.89. The molecule has 3 rings (SSSR count). The number of amides is 1. The standard InChI is InChI=1S/C20H23FN2O3S/c1-15-8-9-18(22-20(24)13-16-6-5-7-17(21)12-16)14-19(15)27(25,26)23-10-3-2-4-11-23/h5-9,12,14H,2-4,10-11,13H2,1H3,(H,22,24). The van der Waals surface area contributed by atoms with Gasteiger partial charge in [-0.1, -0.05) is 24.6 Å². The molecule has 5 nitrogen and oxygen atoms in total. The second-order valence-electron chi connectivity index (χ2n) is 6.80. The van der Waals surface area contributed by atoms with E-state index in [1.54, 1.807) is 31.2 Å². The van der Waals surface area contributed by atoms with E-state index in [0.717, 1.165) is 19.3 Å². The number of anilines is 1. The molecular formula is C20H23FN2O3S. The largest absolute Gasteiger partial charge is 0.326 e. The van der Waals surface area contributed by atoms with Gasteiger partial charge in [0.2, 0.25) is 15.9 Å². The van der Waals surface area contributed by atoms with Crippen molar-refractivity contribution in [2.24, 2.45) is 0 Å². The average molecular weight is 390 g/mol. The van der Waals surface area contributed by atoms with Crippen LogP contribution in [0, 0.1) is 12.7 Å². The third kappa shape index (κ3) is 4.73. The summed E-state index contributed by atoms with van der Waals surface area (Å²) >= 11 is 0. The van der Waals surface area contributed by atoms with Crippen molar-refractivity contribution >= 4 is 21.6 Å². The first-order chi connectivity index (χ1) is 12.9. The molecule has 0 saturated carbocycles. The van der Waals surface area contributed by atoms with E-state index in [-0.39, 0.29) is 17.2 Å². The molecule has 1 amide bonds. The molecule has 0 spiro atoms. The third-order valence-corrected chi connectivity index (χ3v) is 6.70. The van der Waals surface area contributed by atoms with Crippen LogP contribution in [-0.2, 0) is 21.2 Å². The van der Waals surface area contributed by atoms with Crippen LogP contribution in [0.1, 0.15) is 30.4 Å². The number of rotatable bonds is 5. The molecule has 1 saturated heterocycles. The van der Waals surface area contributed by atoms with Crippen LogP contribution in [0.4, 0.5) is 10.1 Å². The van der Waals surface area contributed by atoms with E-state index >= 15 is 0 Å². The Morgan fingerprint density at radius 1 is 1.11 bits per heavy atom. The zero-order chi connectivity index (χ0) is 19.4. The van der Waals surface area contributed by atoms with Crippen molar-refractivity contribution in [1.82, 2.24) is 4.31 Å². The number of sulfonamides is 1. The maximum absolute atomic E-state index is 13.2. The van der Waals surface area contributed by atoms with E-state index in [1.807, 2.05) is 0 Å². The van der Waals surface area contributed by atoms with Gasteiger partial charge in [-0.05, 0) is 55.2 Å². The predicted molar refractivity (Wildman–Crippen MR) is 103 cm³/mol. The first-order valence-electron chi connectivity index (χ1n) is 9.01. The summed E-state index contributed by atoms with van der Waals surface area (Å²) in [7, 11) is -3.58. The van der Waals surface area contributed by atoms with Gasteiger partial charge in [0.25, 0.3) is 0 Å². The van der Waals surface area contributed by atoms with Crippen molar-refractivity contribution in [2.75, 3.05) is 18.4 Å². The Bertz CT molecular complexity index is 938. The van der Waals surface area contributed by atoms with Crippen LogP contribution in [-0.4, -0.2) is 31.7 Å². The van der Waals surface area contributed by atoms with Crippen LogP contribution in [0.2, 0.25) is 0 Å². The fourth-order valence-electron chi connectivity index (χ4n) is 3.24. The summed E-state index contributed by atoms with van der Waals surface area (Å²) in [5.74, 6) is -0.726. The summed E-state index contributed by atoms with van der Waals surface area (Å²) in [5, 5.41) is 2.71. The van der Waals surface area contributed by atoms with Gasteiger partial charge in [-0.3, -0.25) is 4.79 Å². The number of piperidine rings is 1. The first-order valence-corrected chi connectivity index (χ1v) is 10.5. The van der Waals surface area contributed by atoms with Crippen LogP contribution in [0.3, 0.4) is 0 Å². The lowest BCUT2D eigenvalue weighted by Gasteiger charge is -2.26. The third-order valence-electron chi connectivity index (χ3n) is 4.66. The lowest BCUT2D eigenvalue weighted by atomic mass is 10.1. The molecule has 0 atom stereocenters. The van der Waals surface area contributed by atoms with Crippen LogP contribution < -0.4 is 5.32 Å². The number of carbonyl (C=O) groups excluding carboxylic acids is 1. The molecule has 1 aliphatic heterocycles. The van der Waals surface area contributed by atoms with Crippen LogP contribution >= 0.6 is 0 Å². The number of benzene rings is 2. The summed E-state index contributed by atoms with van der Waals surface area (Å²) in [6, 6.07) is 10.7. The molecule has 0 aliphatic carbocycles. The van der Waals surface area contributed by atoms with Crippen LogP contribution in [0.15, 0.2) is 47.4 Å². The van der Waals surface area contributed by atoms with Gasteiger partial charge in [-0.2, -0.15) is 4.31 Å². The molecule has 7 heteroatoms. The molecule has 2 aromatic rings. The van der Waals surface area contributed by atoms with Gasteiger partial charge >= 0.3 is 0 Å². The Hall–Kier alpha value is -2.25. The topological polar surface area (TPSA) is 66.5 Å². The van der Waals surface area contributed by atoms with E-state index in [0.29, 0.717) is 29.9 Å². The fraction of sp³-hybridized carbons (Fsp3) is 0.350. The van der Waals surface area contributed by atoms with Gasteiger partial charge in [0.15, 0.2) is 0 Å². The Balaban J connectivity index is 1.77. The minimum atomic E-state index is -3.58. The van der Waals surface area contributed by atoms with E-state index in [1.165, 1.54) is 22.5 Å². The number of carbonyl (C=O) groups is 1. The molecule has 1 aliphatic rings. The molecule has 27 heavy (non-hydrogen) atoms. The van der Waals surface area contributed by atoms with Crippen molar-refractivity contribution in [3.63, 3.8) is 0 Å². The van der Waals surface area contributed by atoms with Crippen molar-refractivity contribution in [1.29, 1.82) is 0 Å². The Morgan fingerprint density at radius 3 is 2.56 bits per heavy atom. The molecule has 0 bridgehead atoms. The van der Waals surface area contributed by atoms with E-state index in [4.69, 9.17) is 0 Å². The van der Waals surface area contributed by atoms with Gasteiger partial charge in [-0.15, -0.1) is 0 Å². The molecule has 0 aromatic heterocycles. The van der Waals surface area contributed by atoms with Gasteiger partial charge in [-0.25, -0.2) is 12.8 Å².